The second-order valence-electron chi connectivity index (χ2n) is 6.18. The zero-order valence-electron chi connectivity index (χ0n) is 14.6. The van der Waals surface area contributed by atoms with Gasteiger partial charge in [-0.25, -0.2) is 8.42 Å². The number of nitrogens with zero attached hydrogens (tertiary/aromatic N) is 2. The Morgan fingerprint density at radius 3 is 2.38 bits per heavy atom. The van der Waals surface area contributed by atoms with Crippen molar-refractivity contribution in [2.24, 2.45) is 0 Å². The molecule has 1 atom stereocenters. The monoisotopic (exact) mass is 354 g/mol. The van der Waals surface area contributed by atoms with Crippen molar-refractivity contribution in [1.29, 1.82) is 0 Å². The molecule has 0 radical (unpaired) electrons. The zero-order chi connectivity index (χ0) is 17.7. The van der Waals surface area contributed by atoms with E-state index in [1.165, 1.54) is 11.4 Å². The predicted molar refractivity (Wildman–Crippen MR) is 94.8 cm³/mol. The van der Waals surface area contributed by atoms with Gasteiger partial charge in [0.25, 0.3) is 0 Å². The maximum absolute atomic E-state index is 12.9. The van der Waals surface area contributed by atoms with Crippen LogP contribution in [0.25, 0.3) is 0 Å². The lowest BCUT2D eigenvalue weighted by Gasteiger charge is -2.32. The maximum Gasteiger partial charge on any atom is 0.246 e. The molecule has 1 fully saturated rings. The normalized spacial score (nSPS) is 17.0. The average Bonchev–Trinajstić information content (AvgIpc) is 2.82. The lowest BCUT2D eigenvalue weighted by Crippen LogP contribution is -2.49. The van der Waals surface area contributed by atoms with E-state index in [9.17, 15) is 13.2 Å². The van der Waals surface area contributed by atoms with E-state index in [2.05, 4.69) is 0 Å². The van der Waals surface area contributed by atoms with Crippen LogP contribution in [-0.4, -0.2) is 51.7 Å². The topological polar surface area (TPSA) is 66.9 Å². The molecule has 1 saturated heterocycles. The third kappa shape index (κ3) is 4.41. The molecular weight excluding hydrogens is 328 g/mol. The van der Waals surface area contributed by atoms with Crippen LogP contribution in [0.4, 0.5) is 5.69 Å². The number of ether oxygens (including phenoxy) is 1. The second-order valence-corrected chi connectivity index (χ2v) is 8.04. The zero-order valence-corrected chi connectivity index (χ0v) is 15.4. The van der Waals surface area contributed by atoms with Crippen LogP contribution in [0.3, 0.4) is 0 Å². The van der Waals surface area contributed by atoms with E-state index in [1.54, 1.807) is 36.1 Å². The summed E-state index contributed by atoms with van der Waals surface area (Å²) in [5.41, 5.74) is 0.438. The first-order valence-electron chi connectivity index (χ1n) is 8.27. The predicted octanol–water partition coefficient (Wildman–Crippen LogP) is 2.25. The highest BCUT2D eigenvalue weighted by atomic mass is 32.2. The Kier molecular flexibility index (Phi) is 6.10. The van der Waals surface area contributed by atoms with E-state index >= 15 is 0 Å². The fraction of sp³-hybridized carbons (Fsp3) is 0.588. The van der Waals surface area contributed by atoms with Crippen molar-refractivity contribution in [1.82, 2.24) is 4.90 Å². The second kappa shape index (κ2) is 7.88. The summed E-state index contributed by atoms with van der Waals surface area (Å²) in [7, 11) is -2.08. The molecular formula is C17H26N2O4S. The summed E-state index contributed by atoms with van der Waals surface area (Å²) >= 11 is 0. The van der Waals surface area contributed by atoms with Gasteiger partial charge in [-0.1, -0.05) is 18.9 Å². The highest BCUT2D eigenvalue weighted by Gasteiger charge is 2.32. The fourth-order valence-corrected chi connectivity index (χ4v) is 4.27. The lowest BCUT2D eigenvalue weighted by molar-refractivity contribution is -0.131. The first-order chi connectivity index (χ1) is 11.3. The summed E-state index contributed by atoms with van der Waals surface area (Å²) in [6, 6.07) is 5.98. The summed E-state index contributed by atoms with van der Waals surface area (Å²) < 4.78 is 31.0. The lowest BCUT2D eigenvalue weighted by atomic mass is 10.2. The third-order valence-electron chi connectivity index (χ3n) is 4.29. The molecule has 2 rings (SSSR count). The number of rotatable bonds is 5. The van der Waals surface area contributed by atoms with Gasteiger partial charge in [-0.3, -0.25) is 9.10 Å². The molecule has 1 aliphatic rings. The Balaban J connectivity index is 2.31. The number of carbonyl (C=O) groups is 1. The molecule has 1 aromatic carbocycles. The van der Waals surface area contributed by atoms with Crippen molar-refractivity contribution in [3.63, 3.8) is 0 Å². The minimum atomic E-state index is -3.60. The molecule has 0 aromatic heterocycles. The number of amides is 1. The highest BCUT2D eigenvalue weighted by molar-refractivity contribution is 7.92. The van der Waals surface area contributed by atoms with Gasteiger partial charge >= 0.3 is 0 Å². The molecule has 0 N–H and O–H groups in total. The molecule has 0 bridgehead atoms. The first-order valence-corrected chi connectivity index (χ1v) is 10.1. The van der Waals surface area contributed by atoms with E-state index < -0.39 is 16.1 Å². The van der Waals surface area contributed by atoms with E-state index in [-0.39, 0.29) is 5.91 Å². The molecule has 1 amide bonds. The molecule has 24 heavy (non-hydrogen) atoms. The standard InChI is InChI=1S/C17H26N2O4S/c1-14(17(20)18-11-6-4-5-7-12-18)19(24(3,21)22)15-9-8-10-16(13-15)23-2/h8-10,13-14H,4-7,11-12H2,1-3H3. The molecule has 1 heterocycles. The molecule has 1 unspecified atom stereocenters. The number of anilines is 1. The van der Waals surface area contributed by atoms with E-state index in [4.69, 9.17) is 4.74 Å². The van der Waals surface area contributed by atoms with Crippen LogP contribution < -0.4 is 9.04 Å². The minimum absolute atomic E-state index is 0.148. The van der Waals surface area contributed by atoms with E-state index in [0.717, 1.165) is 31.9 Å². The molecule has 6 nitrogen and oxygen atoms in total. The third-order valence-corrected chi connectivity index (χ3v) is 5.53. The van der Waals surface area contributed by atoms with Gasteiger partial charge in [-0.2, -0.15) is 0 Å². The Bertz CT molecular complexity index is 667. The van der Waals surface area contributed by atoms with E-state index in [0.29, 0.717) is 24.5 Å². The number of sulfonamides is 1. The van der Waals surface area contributed by atoms with Gasteiger partial charge in [0.1, 0.15) is 11.8 Å². The summed E-state index contributed by atoms with van der Waals surface area (Å²) in [5, 5.41) is 0. The number of carbonyl (C=O) groups excluding carboxylic acids is 1. The number of benzene rings is 1. The summed E-state index contributed by atoms with van der Waals surface area (Å²) in [4.78, 5) is 14.6. The highest BCUT2D eigenvalue weighted by Crippen LogP contribution is 2.26. The summed E-state index contributed by atoms with van der Waals surface area (Å²) in [6.07, 6.45) is 5.29. The molecule has 134 valence electrons. The van der Waals surface area contributed by atoms with Crippen LogP contribution in [0.15, 0.2) is 24.3 Å². The van der Waals surface area contributed by atoms with Gasteiger partial charge in [0.2, 0.25) is 15.9 Å². The van der Waals surface area contributed by atoms with Crippen LogP contribution in [0, 0.1) is 0 Å². The van der Waals surface area contributed by atoms with Gasteiger partial charge in [0.15, 0.2) is 0 Å². The van der Waals surface area contributed by atoms with Crippen LogP contribution in [0.5, 0.6) is 5.75 Å². The first kappa shape index (κ1) is 18.6. The number of methoxy groups -OCH3 is 1. The Morgan fingerprint density at radius 1 is 1.21 bits per heavy atom. The van der Waals surface area contributed by atoms with Crippen LogP contribution in [0.2, 0.25) is 0 Å². The largest absolute Gasteiger partial charge is 0.497 e. The molecule has 1 aliphatic heterocycles. The molecule has 7 heteroatoms. The number of hydrogen-bond donors (Lipinski definition) is 0. The van der Waals surface area contributed by atoms with Crippen molar-refractivity contribution in [2.45, 2.75) is 38.6 Å². The van der Waals surface area contributed by atoms with Crippen molar-refractivity contribution in [3.05, 3.63) is 24.3 Å². The molecule has 0 spiro atoms. The van der Waals surface area contributed by atoms with Crippen LogP contribution >= 0.6 is 0 Å². The molecule has 1 aromatic rings. The minimum Gasteiger partial charge on any atom is -0.497 e. The van der Waals surface area contributed by atoms with Crippen molar-refractivity contribution in [3.8, 4) is 5.75 Å². The smallest absolute Gasteiger partial charge is 0.246 e. The van der Waals surface area contributed by atoms with Crippen molar-refractivity contribution < 1.29 is 17.9 Å². The molecule has 0 aliphatic carbocycles. The van der Waals surface area contributed by atoms with Gasteiger partial charge in [-0.05, 0) is 31.9 Å². The summed E-state index contributed by atoms with van der Waals surface area (Å²) in [5.74, 6) is 0.403. The SMILES string of the molecule is COc1cccc(N(C(C)C(=O)N2CCCCCC2)S(C)(=O)=O)c1. The van der Waals surface area contributed by atoms with Crippen LogP contribution in [0.1, 0.15) is 32.6 Å². The fourth-order valence-electron chi connectivity index (χ4n) is 3.11. The maximum atomic E-state index is 12.9. The van der Waals surface area contributed by atoms with Gasteiger partial charge in [0, 0.05) is 19.2 Å². The van der Waals surface area contributed by atoms with Gasteiger partial charge in [0.05, 0.1) is 19.1 Å². The average molecular weight is 354 g/mol. The summed E-state index contributed by atoms with van der Waals surface area (Å²) in [6.45, 7) is 3.03. The number of hydrogen-bond acceptors (Lipinski definition) is 4. The van der Waals surface area contributed by atoms with Crippen molar-refractivity contribution >= 4 is 21.6 Å². The Labute approximate surface area is 144 Å². The Morgan fingerprint density at radius 2 is 1.83 bits per heavy atom. The Hall–Kier alpha value is -1.76. The van der Waals surface area contributed by atoms with Gasteiger partial charge < -0.3 is 9.64 Å². The van der Waals surface area contributed by atoms with Crippen molar-refractivity contribution in [2.75, 3.05) is 30.8 Å². The van der Waals surface area contributed by atoms with Gasteiger partial charge in [-0.15, -0.1) is 0 Å². The van der Waals surface area contributed by atoms with Crippen LogP contribution in [-0.2, 0) is 14.8 Å². The quantitative estimate of drug-likeness (QED) is 0.813. The van der Waals surface area contributed by atoms with E-state index in [1.807, 2.05) is 0 Å². The molecule has 0 saturated carbocycles. The number of likely N-dealkylation sites (tertiary alicyclic amines) is 1.